The lowest BCUT2D eigenvalue weighted by Gasteiger charge is -2.19. The number of ether oxygens (including phenoxy) is 2. The number of phosphoric acid groups is 1. The number of phosphoric ester groups is 1. The maximum absolute atomic E-state index is 12.5. The van der Waals surface area contributed by atoms with Crippen molar-refractivity contribution in [3.8, 4) is 0 Å². The molecule has 4 N–H and O–H groups in total. The molecule has 0 aliphatic heterocycles. The Balaban J connectivity index is 4.23. The molecule has 0 bridgehead atoms. The van der Waals surface area contributed by atoms with Crippen molar-refractivity contribution < 1.29 is 42.7 Å². The van der Waals surface area contributed by atoms with E-state index < -0.39 is 32.5 Å². The normalized spacial score (nSPS) is 14.1. The number of carbonyl (C=O) groups excluding carboxylic acids is 2. The van der Waals surface area contributed by atoms with Crippen LogP contribution in [0.25, 0.3) is 0 Å². The van der Waals surface area contributed by atoms with E-state index in [1.54, 1.807) is 0 Å². The van der Waals surface area contributed by atoms with Gasteiger partial charge in [-0.25, -0.2) is 4.57 Å². The average molecular weight is 734 g/mol. The second kappa shape index (κ2) is 36.1. The quantitative estimate of drug-likeness (QED) is 0.0242. The number of nitrogens with two attached hydrogens (primary N) is 1. The molecule has 0 amide bonds. The van der Waals surface area contributed by atoms with Crippen molar-refractivity contribution in [1.82, 2.24) is 0 Å². The van der Waals surface area contributed by atoms with Gasteiger partial charge in [0.2, 0.25) is 0 Å². The first-order valence-corrected chi connectivity index (χ1v) is 21.7. The number of rotatable bonds is 38. The average Bonchev–Trinajstić information content (AvgIpc) is 3.09. The molecule has 1 unspecified atom stereocenters. The van der Waals surface area contributed by atoms with Crippen LogP contribution in [-0.2, 0) is 32.7 Å². The molecule has 0 aromatic rings. The molecule has 0 aliphatic carbocycles. The summed E-state index contributed by atoms with van der Waals surface area (Å²) in [5, 5.41) is 10.0. The maximum Gasteiger partial charge on any atom is 0.472 e. The van der Waals surface area contributed by atoms with E-state index in [2.05, 4.69) is 26.0 Å². The van der Waals surface area contributed by atoms with E-state index in [-0.39, 0.29) is 38.7 Å². The first-order chi connectivity index (χ1) is 24.2. The lowest BCUT2D eigenvalue weighted by Crippen LogP contribution is -2.29. The van der Waals surface area contributed by atoms with Gasteiger partial charge < -0.3 is 25.2 Å². The molecule has 3 atom stereocenters. The molecule has 0 heterocycles. The van der Waals surface area contributed by atoms with Crippen LogP contribution in [0, 0.1) is 0 Å². The summed E-state index contributed by atoms with van der Waals surface area (Å²) in [6, 6.07) is 0. The van der Waals surface area contributed by atoms with Gasteiger partial charge in [0.15, 0.2) is 6.10 Å². The molecule has 11 heteroatoms. The molecule has 0 radical (unpaired) electrons. The molecule has 0 rings (SSSR count). The molecule has 50 heavy (non-hydrogen) atoms. The minimum atomic E-state index is -4.38. The summed E-state index contributed by atoms with van der Waals surface area (Å²) >= 11 is 0. The van der Waals surface area contributed by atoms with Crippen LogP contribution in [0.1, 0.15) is 187 Å². The molecular weight excluding hydrogens is 657 g/mol. The number of allylic oxidation sites excluding steroid dienone is 1. The molecule has 10 nitrogen and oxygen atoms in total. The highest BCUT2D eigenvalue weighted by molar-refractivity contribution is 7.47. The van der Waals surface area contributed by atoms with Crippen molar-refractivity contribution in [3.63, 3.8) is 0 Å². The van der Waals surface area contributed by atoms with Crippen molar-refractivity contribution in [2.75, 3.05) is 26.4 Å². The van der Waals surface area contributed by atoms with Gasteiger partial charge in [-0.1, -0.05) is 148 Å². The number of aliphatic hydroxyl groups excluding tert-OH is 1. The van der Waals surface area contributed by atoms with Crippen molar-refractivity contribution >= 4 is 19.8 Å². The molecule has 0 saturated heterocycles. The van der Waals surface area contributed by atoms with Gasteiger partial charge in [-0.15, -0.1) is 0 Å². The number of carbonyl (C=O) groups is 2. The highest BCUT2D eigenvalue weighted by atomic mass is 31.2. The molecule has 0 aliphatic rings. The summed E-state index contributed by atoms with van der Waals surface area (Å²) in [7, 11) is -4.38. The number of unbranched alkanes of at least 4 members (excludes halogenated alkanes) is 20. The topological polar surface area (TPSA) is 155 Å². The molecule has 0 aromatic heterocycles. The number of esters is 2. The minimum Gasteiger partial charge on any atom is -0.462 e. The maximum atomic E-state index is 12.5. The Morgan fingerprint density at radius 3 is 1.72 bits per heavy atom. The SMILES string of the molecule is CCCCCCCCCCCCCCCC(=O)OC[C@H](COP(=O)(O)OCCN)OC(=O)CCCCCCC/C=C\C[C@H](O)CCCCCC. The Kier molecular flexibility index (Phi) is 35.2. The number of hydrogen-bond donors (Lipinski definition) is 3. The van der Waals surface area contributed by atoms with Crippen molar-refractivity contribution in [2.24, 2.45) is 5.73 Å². The summed E-state index contributed by atoms with van der Waals surface area (Å²) in [4.78, 5) is 34.7. The monoisotopic (exact) mass is 734 g/mol. The molecular formula is C39H76NO9P. The van der Waals surface area contributed by atoms with Crippen LogP contribution in [0.15, 0.2) is 12.2 Å². The highest BCUT2D eigenvalue weighted by Gasteiger charge is 2.26. The third-order valence-electron chi connectivity index (χ3n) is 8.73. The standard InChI is InChI=1S/C39H76NO9P/c1-3-5-7-9-10-11-12-13-14-15-19-22-26-30-38(42)46-34-37(35-48-50(44,45)47-33-32-40)49-39(43)31-27-23-20-17-16-18-21-25-29-36(41)28-24-8-6-4-2/h21,25,36-37,41H,3-20,22-24,26-35,40H2,1-2H3,(H,44,45)/b25-21-/t36-,37-/m1/s1. The van der Waals surface area contributed by atoms with Crippen molar-refractivity contribution in [3.05, 3.63) is 12.2 Å². The van der Waals surface area contributed by atoms with Crippen LogP contribution in [0.5, 0.6) is 0 Å². The highest BCUT2D eigenvalue weighted by Crippen LogP contribution is 2.43. The van der Waals surface area contributed by atoms with Gasteiger partial charge in [-0.05, 0) is 38.5 Å². The Morgan fingerprint density at radius 2 is 1.16 bits per heavy atom. The van der Waals surface area contributed by atoms with E-state index >= 15 is 0 Å². The van der Waals surface area contributed by atoms with E-state index in [1.807, 2.05) is 0 Å². The predicted molar refractivity (Wildman–Crippen MR) is 203 cm³/mol. The van der Waals surface area contributed by atoms with E-state index in [9.17, 15) is 24.2 Å². The molecule has 0 spiro atoms. The Labute approximate surface area is 305 Å². The van der Waals surface area contributed by atoms with E-state index in [1.165, 1.54) is 83.5 Å². The zero-order valence-electron chi connectivity index (χ0n) is 32.0. The summed E-state index contributed by atoms with van der Waals surface area (Å²) in [6.07, 6.45) is 31.2. The van der Waals surface area contributed by atoms with E-state index in [4.69, 9.17) is 24.3 Å². The third kappa shape index (κ3) is 35.1. The summed E-state index contributed by atoms with van der Waals surface area (Å²) in [5.41, 5.74) is 5.33. The number of aliphatic hydroxyl groups is 1. The Hall–Kier alpha value is -1.29. The van der Waals surface area contributed by atoms with Gasteiger partial charge in [0.25, 0.3) is 0 Å². The first kappa shape index (κ1) is 48.7. The lowest BCUT2D eigenvalue weighted by molar-refractivity contribution is -0.161. The smallest absolute Gasteiger partial charge is 0.462 e. The second-order valence-corrected chi connectivity index (χ2v) is 15.1. The van der Waals surface area contributed by atoms with Crippen LogP contribution in [0.2, 0.25) is 0 Å². The van der Waals surface area contributed by atoms with Crippen LogP contribution in [-0.4, -0.2) is 60.5 Å². The largest absolute Gasteiger partial charge is 0.472 e. The van der Waals surface area contributed by atoms with Crippen LogP contribution in [0.3, 0.4) is 0 Å². The van der Waals surface area contributed by atoms with Crippen molar-refractivity contribution in [1.29, 1.82) is 0 Å². The zero-order chi connectivity index (χ0) is 37.0. The van der Waals surface area contributed by atoms with Gasteiger partial charge >= 0.3 is 19.8 Å². The minimum absolute atomic E-state index is 0.0449. The van der Waals surface area contributed by atoms with Crippen molar-refractivity contribution in [2.45, 2.75) is 199 Å². The Morgan fingerprint density at radius 1 is 0.660 bits per heavy atom. The van der Waals surface area contributed by atoms with E-state index in [0.29, 0.717) is 6.42 Å². The van der Waals surface area contributed by atoms with Gasteiger partial charge in [-0.2, -0.15) is 0 Å². The lowest BCUT2D eigenvalue weighted by atomic mass is 10.0. The second-order valence-electron chi connectivity index (χ2n) is 13.7. The van der Waals surface area contributed by atoms with Gasteiger partial charge in [0.05, 0.1) is 19.3 Å². The molecule has 296 valence electrons. The van der Waals surface area contributed by atoms with Gasteiger partial charge in [0, 0.05) is 19.4 Å². The van der Waals surface area contributed by atoms with Crippen LogP contribution < -0.4 is 5.73 Å². The molecule has 0 saturated carbocycles. The Bertz CT molecular complexity index is 857. The van der Waals surface area contributed by atoms with Gasteiger partial charge in [-0.3, -0.25) is 18.6 Å². The van der Waals surface area contributed by atoms with E-state index in [0.717, 1.165) is 70.6 Å². The fraction of sp³-hybridized carbons (Fsp3) is 0.897. The number of hydrogen-bond acceptors (Lipinski definition) is 9. The predicted octanol–water partition coefficient (Wildman–Crippen LogP) is 10.0. The zero-order valence-corrected chi connectivity index (χ0v) is 32.9. The fourth-order valence-electron chi connectivity index (χ4n) is 5.65. The molecule has 0 aromatic carbocycles. The van der Waals surface area contributed by atoms with Gasteiger partial charge in [0.1, 0.15) is 6.61 Å². The molecule has 0 fully saturated rings. The first-order valence-electron chi connectivity index (χ1n) is 20.2. The summed E-state index contributed by atoms with van der Waals surface area (Å²) in [5.74, 6) is -0.868. The summed E-state index contributed by atoms with van der Waals surface area (Å²) in [6.45, 7) is 3.61. The van der Waals surface area contributed by atoms with Crippen LogP contribution >= 0.6 is 7.82 Å². The fourth-order valence-corrected chi connectivity index (χ4v) is 6.41. The summed E-state index contributed by atoms with van der Waals surface area (Å²) < 4.78 is 32.6. The van der Waals surface area contributed by atoms with Crippen LogP contribution in [0.4, 0.5) is 0 Å². The third-order valence-corrected chi connectivity index (χ3v) is 9.71.